The highest BCUT2D eigenvalue weighted by atomic mass is 19.4. The van der Waals surface area contributed by atoms with E-state index < -0.39 is 36.2 Å². The lowest BCUT2D eigenvalue weighted by atomic mass is 9.94. The zero-order valence-electron chi connectivity index (χ0n) is 22.3. The van der Waals surface area contributed by atoms with E-state index in [0.29, 0.717) is 30.0 Å². The van der Waals surface area contributed by atoms with Gasteiger partial charge in [0.15, 0.2) is 0 Å². The first kappa shape index (κ1) is 28.4. The molecule has 0 bridgehead atoms. The lowest BCUT2D eigenvalue weighted by Gasteiger charge is -2.25. The molecule has 3 unspecified atom stereocenters. The molecule has 2 aromatic rings. The number of rotatable bonds is 10. The third-order valence-corrected chi connectivity index (χ3v) is 7.87. The van der Waals surface area contributed by atoms with Crippen LogP contribution in [0, 0.1) is 23.7 Å². The standard InChI is InChI=1S/C29H34F3N3O4/c1-4-22-23(24(22)16-34(3)28(38)39-17-20-8-6-5-7-9-20)14-19-10-12-21(13-11-19)35-25(15-26(36)37)18(2)27(33-35)29(30,31)32/h5-13,18,22-25H,4,14-17H2,1-3H3,(H,36,37)/t18-,22?,23?,24?,25-/m0/s1. The Kier molecular flexibility index (Phi) is 8.51. The van der Waals surface area contributed by atoms with Crippen molar-refractivity contribution in [3.8, 4) is 0 Å². The molecular formula is C29H34F3N3O4. The Labute approximate surface area is 226 Å². The molecule has 0 spiro atoms. The fraction of sp³-hybridized carbons (Fsp3) is 0.483. The summed E-state index contributed by atoms with van der Waals surface area (Å²) in [6.07, 6.45) is -3.67. The molecule has 5 atom stereocenters. The average molecular weight is 546 g/mol. The second kappa shape index (κ2) is 11.7. The number of alkyl halides is 3. The number of anilines is 1. The van der Waals surface area contributed by atoms with E-state index in [1.807, 2.05) is 42.5 Å². The highest BCUT2D eigenvalue weighted by molar-refractivity contribution is 5.95. The molecule has 4 rings (SSSR count). The normalized spacial score (nSPS) is 24.3. The number of nitrogens with zero attached hydrogens (tertiary/aromatic N) is 3. The van der Waals surface area contributed by atoms with Crippen molar-refractivity contribution in [1.29, 1.82) is 0 Å². The van der Waals surface area contributed by atoms with Gasteiger partial charge in [-0.3, -0.25) is 9.80 Å². The first-order valence-electron chi connectivity index (χ1n) is 13.2. The van der Waals surface area contributed by atoms with Crippen LogP contribution >= 0.6 is 0 Å². The first-order chi connectivity index (χ1) is 18.5. The summed E-state index contributed by atoms with van der Waals surface area (Å²) in [7, 11) is 1.74. The van der Waals surface area contributed by atoms with Crippen molar-refractivity contribution in [3.05, 3.63) is 65.7 Å². The maximum absolute atomic E-state index is 13.5. The van der Waals surface area contributed by atoms with E-state index in [1.165, 1.54) is 11.9 Å². The largest absolute Gasteiger partial charge is 0.481 e. The van der Waals surface area contributed by atoms with Gasteiger partial charge < -0.3 is 14.7 Å². The molecular weight excluding hydrogens is 511 g/mol. The van der Waals surface area contributed by atoms with E-state index in [9.17, 15) is 27.9 Å². The Morgan fingerprint density at radius 3 is 2.28 bits per heavy atom. The molecule has 10 heteroatoms. The van der Waals surface area contributed by atoms with Gasteiger partial charge in [-0.15, -0.1) is 0 Å². The minimum Gasteiger partial charge on any atom is -0.481 e. The number of halogens is 3. The van der Waals surface area contributed by atoms with Gasteiger partial charge in [0.1, 0.15) is 12.3 Å². The summed E-state index contributed by atoms with van der Waals surface area (Å²) in [6.45, 7) is 4.30. The molecule has 0 radical (unpaired) electrons. The first-order valence-corrected chi connectivity index (χ1v) is 13.2. The smallest absolute Gasteiger partial charge is 0.431 e. The summed E-state index contributed by atoms with van der Waals surface area (Å²) in [6, 6.07) is 15.7. The number of hydrazone groups is 1. The van der Waals surface area contributed by atoms with Crippen LogP contribution in [-0.2, 0) is 22.6 Å². The zero-order chi connectivity index (χ0) is 28.3. The molecule has 0 aromatic heterocycles. The molecule has 1 N–H and O–H groups in total. The Morgan fingerprint density at radius 2 is 1.69 bits per heavy atom. The van der Waals surface area contributed by atoms with Gasteiger partial charge in [0, 0.05) is 19.5 Å². The van der Waals surface area contributed by atoms with Crippen LogP contribution in [0.3, 0.4) is 0 Å². The molecule has 7 nitrogen and oxygen atoms in total. The molecule has 1 aliphatic heterocycles. The number of hydrogen-bond donors (Lipinski definition) is 1. The Morgan fingerprint density at radius 1 is 1.03 bits per heavy atom. The van der Waals surface area contributed by atoms with Crippen molar-refractivity contribution >= 4 is 23.5 Å². The molecule has 210 valence electrons. The molecule has 1 fully saturated rings. The van der Waals surface area contributed by atoms with Crippen LogP contribution in [0.2, 0.25) is 0 Å². The monoisotopic (exact) mass is 545 g/mol. The van der Waals surface area contributed by atoms with Crippen molar-refractivity contribution in [2.24, 2.45) is 28.8 Å². The number of carbonyl (C=O) groups excluding carboxylic acids is 1. The number of ether oxygens (including phenoxy) is 1. The van der Waals surface area contributed by atoms with Crippen molar-refractivity contribution in [2.75, 3.05) is 18.6 Å². The van der Waals surface area contributed by atoms with Crippen LogP contribution in [0.15, 0.2) is 59.7 Å². The molecule has 1 aliphatic carbocycles. The number of aliphatic carboxylic acids is 1. The number of hydrogen-bond acceptors (Lipinski definition) is 5. The molecule has 39 heavy (non-hydrogen) atoms. The second-order valence-corrected chi connectivity index (χ2v) is 10.5. The maximum Gasteiger partial charge on any atom is 0.431 e. The summed E-state index contributed by atoms with van der Waals surface area (Å²) < 4.78 is 45.8. The predicted octanol–water partition coefficient (Wildman–Crippen LogP) is 5.99. The van der Waals surface area contributed by atoms with Crippen LogP contribution in [0.1, 0.15) is 37.8 Å². The lowest BCUT2D eigenvalue weighted by molar-refractivity contribution is -0.137. The van der Waals surface area contributed by atoms with Crippen LogP contribution in [-0.4, -0.2) is 53.6 Å². The molecule has 0 saturated heterocycles. The van der Waals surface area contributed by atoms with Gasteiger partial charge in [-0.2, -0.15) is 18.3 Å². The van der Waals surface area contributed by atoms with E-state index in [2.05, 4.69) is 12.0 Å². The number of carboxylic acid groups (broad SMARTS) is 1. The van der Waals surface area contributed by atoms with Gasteiger partial charge in [-0.05, 0) is 47.4 Å². The topological polar surface area (TPSA) is 82.4 Å². The highest BCUT2D eigenvalue weighted by Crippen LogP contribution is 2.51. The Bertz CT molecular complexity index is 1190. The summed E-state index contributed by atoms with van der Waals surface area (Å²) in [5.74, 6) is -1.05. The van der Waals surface area contributed by atoms with Crippen LogP contribution < -0.4 is 5.01 Å². The van der Waals surface area contributed by atoms with E-state index >= 15 is 0 Å². The summed E-state index contributed by atoms with van der Waals surface area (Å²) >= 11 is 0. The molecule has 1 amide bonds. The van der Waals surface area contributed by atoms with Crippen LogP contribution in [0.25, 0.3) is 0 Å². The van der Waals surface area contributed by atoms with E-state index in [0.717, 1.165) is 24.0 Å². The number of benzene rings is 2. The summed E-state index contributed by atoms with van der Waals surface area (Å²) in [4.78, 5) is 25.4. The third kappa shape index (κ3) is 6.72. The molecule has 1 saturated carbocycles. The van der Waals surface area contributed by atoms with Crippen molar-refractivity contribution in [3.63, 3.8) is 0 Å². The van der Waals surface area contributed by atoms with Crippen LogP contribution in [0.4, 0.5) is 23.7 Å². The summed E-state index contributed by atoms with van der Waals surface area (Å²) in [5.41, 5.74) is 1.42. The SMILES string of the molecule is CCC1C(Cc2ccc(N3N=C(C(F)(F)F)[C@@H](C)[C@@H]3CC(=O)O)cc2)C1CN(C)C(=O)OCc1ccccc1. The fourth-order valence-corrected chi connectivity index (χ4v) is 5.66. The van der Waals surface area contributed by atoms with Crippen LogP contribution in [0.5, 0.6) is 0 Å². The molecule has 2 aliphatic rings. The Hall–Kier alpha value is -3.56. The van der Waals surface area contributed by atoms with E-state index in [-0.39, 0.29) is 12.7 Å². The zero-order valence-corrected chi connectivity index (χ0v) is 22.3. The third-order valence-electron chi connectivity index (χ3n) is 7.87. The van der Waals surface area contributed by atoms with Crippen molar-refractivity contribution in [1.82, 2.24) is 4.90 Å². The highest BCUT2D eigenvalue weighted by Gasteiger charge is 2.50. The number of amides is 1. The van der Waals surface area contributed by atoms with E-state index in [4.69, 9.17) is 4.74 Å². The number of carbonyl (C=O) groups is 2. The quantitative estimate of drug-likeness (QED) is 0.397. The van der Waals surface area contributed by atoms with E-state index in [1.54, 1.807) is 24.1 Å². The fourth-order valence-electron chi connectivity index (χ4n) is 5.66. The van der Waals surface area contributed by atoms with Gasteiger partial charge in [0.2, 0.25) is 0 Å². The summed E-state index contributed by atoms with van der Waals surface area (Å²) in [5, 5.41) is 14.2. The minimum absolute atomic E-state index is 0.222. The second-order valence-electron chi connectivity index (χ2n) is 10.5. The maximum atomic E-state index is 13.5. The molecule has 1 heterocycles. The number of carboxylic acids is 1. The van der Waals surface area contributed by atoms with Gasteiger partial charge in [0.05, 0.1) is 18.2 Å². The van der Waals surface area contributed by atoms with Gasteiger partial charge in [-0.1, -0.05) is 62.7 Å². The van der Waals surface area contributed by atoms with Crippen molar-refractivity contribution in [2.45, 2.75) is 51.9 Å². The van der Waals surface area contributed by atoms with Gasteiger partial charge in [-0.25, -0.2) is 4.79 Å². The predicted molar refractivity (Wildman–Crippen MR) is 141 cm³/mol. The molecule has 2 aromatic carbocycles. The lowest BCUT2D eigenvalue weighted by Crippen LogP contribution is -2.36. The van der Waals surface area contributed by atoms with Gasteiger partial charge >= 0.3 is 18.2 Å². The van der Waals surface area contributed by atoms with Crippen molar-refractivity contribution < 1.29 is 32.6 Å². The average Bonchev–Trinajstić information content (AvgIpc) is 3.44. The Balaban J connectivity index is 1.36. The van der Waals surface area contributed by atoms with Gasteiger partial charge in [0.25, 0.3) is 0 Å². The minimum atomic E-state index is -4.62.